The Kier molecular flexibility index (Phi) is 2.78. The third-order valence-corrected chi connectivity index (χ3v) is 5.00. The minimum atomic E-state index is 0.621. The van der Waals surface area contributed by atoms with Gasteiger partial charge in [-0.2, -0.15) is 0 Å². The van der Waals surface area contributed by atoms with Crippen LogP contribution in [0.4, 0.5) is 0 Å². The summed E-state index contributed by atoms with van der Waals surface area (Å²) in [5.41, 5.74) is 5.93. The highest BCUT2D eigenvalue weighted by Gasteiger charge is 2.42. The standard InChI is InChI=1S/C13H20N2S/c1-9-2-5-12(16-9)13-10(8-14)6-7-15(13)11-3-4-11/h2,5,10-11,13H,3-4,6-8,14H2,1H3. The minimum Gasteiger partial charge on any atom is -0.330 e. The molecule has 3 rings (SSSR count). The topological polar surface area (TPSA) is 29.3 Å². The predicted molar refractivity (Wildman–Crippen MR) is 68.7 cm³/mol. The van der Waals surface area contributed by atoms with Gasteiger partial charge in [-0.15, -0.1) is 11.3 Å². The maximum absolute atomic E-state index is 5.93. The minimum absolute atomic E-state index is 0.621. The van der Waals surface area contributed by atoms with E-state index in [0.29, 0.717) is 12.0 Å². The lowest BCUT2D eigenvalue weighted by Crippen LogP contribution is -2.29. The molecule has 2 heterocycles. The van der Waals surface area contributed by atoms with Gasteiger partial charge in [0.25, 0.3) is 0 Å². The third kappa shape index (κ3) is 1.81. The summed E-state index contributed by atoms with van der Waals surface area (Å²) in [5.74, 6) is 0.679. The summed E-state index contributed by atoms with van der Waals surface area (Å²) in [5, 5.41) is 0. The Morgan fingerprint density at radius 2 is 2.19 bits per heavy atom. The number of nitrogens with zero attached hydrogens (tertiary/aromatic N) is 1. The Balaban J connectivity index is 1.87. The van der Waals surface area contributed by atoms with Gasteiger partial charge in [-0.1, -0.05) is 0 Å². The lowest BCUT2D eigenvalue weighted by Gasteiger charge is -2.26. The van der Waals surface area contributed by atoms with Crippen molar-refractivity contribution in [1.82, 2.24) is 4.90 Å². The summed E-state index contributed by atoms with van der Waals surface area (Å²) in [6.45, 7) is 4.29. The van der Waals surface area contributed by atoms with Gasteiger partial charge in [0.2, 0.25) is 0 Å². The second kappa shape index (κ2) is 4.13. The maximum Gasteiger partial charge on any atom is 0.0485 e. The molecule has 2 nitrogen and oxygen atoms in total. The molecular formula is C13H20N2S. The Morgan fingerprint density at radius 3 is 2.75 bits per heavy atom. The molecule has 1 saturated heterocycles. The lowest BCUT2D eigenvalue weighted by atomic mass is 9.99. The molecule has 1 aliphatic heterocycles. The molecule has 0 aromatic carbocycles. The number of hydrogen-bond acceptors (Lipinski definition) is 3. The van der Waals surface area contributed by atoms with Gasteiger partial charge in [-0.25, -0.2) is 0 Å². The molecule has 1 aliphatic carbocycles. The second-order valence-electron chi connectivity index (χ2n) is 5.15. The Labute approximate surface area is 101 Å². The number of rotatable bonds is 3. The summed E-state index contributed by atoms with van der Waals surface area (Å²) in [4.78, 5) is 5.67. The van der Waals surface area contributed by atoms with Crippen molar-refractivity contribution in [1.29, 1.82) is 0 Å². The van der Waals surface area contributed by atoms with E-state index < -0.39 is 0 Å². The quantitative estimate of drug-likeness (QED) is 0.874. The number of nitrogens with two attached hydrogens (primary N) is 1. The zero-order chi connectivity index (χ0) is 11.1. The van der Waals surface area contributed by atoms with Crippen LogP contribution in [-0.2, 0) is 0 Å². The van der Waals surface area contributed by atoms with Crippen molar-refractivity contribution in [3.8, 4) is 0 Å². The van der Waals surface area contributed by atoms with E-state index in [0.717, 1.165) is 12.6 Å². The molecule has 1 aromatic rings. The van der Waals surface area contributed by atoms with Gasteiger partial charge in [-0.05, 0) is 57.3 Å². The van der Waals surface area contributed by atoms with E-state index >= 15 is 0 Å². The van der Waals surface area contributed by atoms with Crippen LogP contribution in [0.3, 0.4) is 0 Å². The first-order chi connectivity index (χ1) is 7.79. The van der Waals surface area contributed by atoms with Crippen LogP contribution in [-0.4, -0.2) is 24.0 Å². The van der Waals surface area contributed by atoms with Gasteiger partial charge in [0.05, 0.1) is 0 Å². The molecular weight excluding hydrogens is 216 g/mol. The Bertz CT molecular complexity index is 370. The summed E-state index contributed by atoms with van der Waals surface area (Å²) >= 11 is 1.96. The molecule has 88 valence electrons. The fraction of sp³-hybridized carbons (Fsp3) is 0.692. The van der Waals surface area contributed by atoms with Crippen LogP contribution in [0.2, 0.25) is 0 Å². The number of likely N-dealkylation sites (tertiary alicyclic amines) is 1. The Morgan fingerprint density at radius 1 is 1.38 bits per heavy atom. The first-order valence-corrected chi connectivity index (χ1v) is 7.13. The van der Waals surface area contributed by atoms with Crippen molar-refractivity contribution in [3.63, 3.8) is 0 Å². The highest BCUT2D eigenvalue weighted by Crippen LogP contribution is 2.45. The molecule has 2 unspecified atom stereocenters. The van der Waals surface area contributed by atoms with Crippen LogP contribution in [0.5, 0.6) is 0 Å². The Hall–Kier alpha value is -0.380. The third-order valence-electron chi connectivity index (χ3n) is 3.93. The van der Waals surface area contributed by atoms with Crippen LogP contribution < -0.4 is 5.73 Å². The van der Waals surface area contributed by atoms with E-state index in [9.17, 15) is 0 Å². The molecule has 3 heteroatoms. The van der Waals surface area contributed by atoms with E-state index in [1.165, 1.54) is 35.6 Å². The first-order valence-electron chi connectivity index (χ1n) is 6.31. The average molecular weight is 236 g/mol. The molecule has 1 saturated carbocycles. The van der Waals surface area contributed by atoms with E-state index in [2.05, 4.69) is 24.0 Å². The summed E-state index contributed by atoms with van der Waals surface area (Å²) in [6.07, 6.45) is 4.09. The first kappa shape index (κ1) is 10.8. The van der Waals surface area contributed by atoms with Crippen LogP contribution in [0, 0.1) is 12.8 Å². The van der Waals surface area contributed by atoms with Crippen molar-refractivity contribution in [3.05, 3.63) is 21.9 Å². The van der Waals surface area contributed by atoms with Gasteiger partial charge in [0.1, 0.15) is 0 Å². The molecule has 0 radical (unpaired) electrons. The SMILES string of the molecule is Cc1ccc(C2C(CN)CCN2C2CC2)s1. The average Bonchev–Trinajstić information content (AvgIpc) is 2.89. The van der Waals surface area contributed by atoms with Gasteiger partial charge in [0.15, 0.2) is 0 Å². The number of thiophene rings is 1. The van der Waals surface area contributed by atoms with Crippen molar-refractivity contribution in [2.24, 2.45) is 11.7 Å². The smallest absolute Gasteiger partial charge is 0.0485 e. The number of hydrogen-bond donors (Lipinski definition) is 1. The van der Waals surface area contributed by atoms with Crippen LogP contribution in [0.25, 0.3) is 0 Å². The lowest BCUT2D eigenvalue weighted by molar-refractivity contribution is 0.224. The van der Waals surface area contributed by atoms with Gasteiger partial charge in [0, 0.05) is 21.8 Å². The van der Waals surface area contributed by atoms with Crippen LogP contribution >= 0.6 is 11.3 Å². The zero-order valence-electron chi connectivity index (χ0n) is 9.86. The van der Waals surface area contributed by atoms with Crippen molar-refractivity contribution in [2.45, 2.75) is 38.3 Å². The molecule has 2 atom stereocenters. The highest BCUT2D eigenvalue weighted by atomic mass is 32.1. The summed E-state index contributed by atoms with van der Waals surface area (Å²) < 4.78 is 0. The van der Waals surface area contributed by atoms with Crippen LogP contribution in [0.1, 0.15) is 35.1 Å². The number of aryl methyl sites for hydroxylation is 1. The van der Waals surface area contributed by atoms with Gasteiger partial charge in [-0.3, -0.25) is 4.90 Å². The van der Waals surface area contributed by atoms with E-state index in [1.54, 1.807) is 0 Å². The van der Waals surface area contributed by atoms with Gasteiger partial charge >= 0.3 is 0 Å². The van der Waals surface area contributed by atoms with Crippen molar-refractivity contribution >= 4 is 11.3 Å². The molecule has 0 amide bonds. The maximum atomic E-state index is 5.93. The molecule has 0 bridgehead atoms. The van der Waals surface area contributed by atoms with E-state index in [-0.39, 0.29) is 0 Å². The fourth-order valence-electron chi connectivity index (χ4n) is 2.95. The second-order valence-corrected chi connectivity index (χ2v) is 6.47. The predicted octanol–water partition coefficient (Wildman–Crippen LogP) is 2.54. The largest absolute Gasteiger partial charge is 0.330 e. The van der Waals surface area contributed by atoms with Gasteiger partial charge < -0.3 is 5.73 Å². The normalized spacial score (nSPS) is 31.1. The molecule has 2 N–H and O–H groups in total. The highest BCUT2D eigenvalue weighted by molar-refractivity contribution is 7.12. The molecule has 2 aliphatic rings. The van der Waals surface area contributed by atoms with Crippen molar-refractivity contribution in [2.75, 3.05) is 13.1 Å². The molecule has 16 heavy (non-hydrogen) atoms. The van der Waals surface area contributed by atoms with Crippen LogP contribution in [0.15, 0.2) is 12.1 Å². The monoisotopic (exact) mass is 236 g/mol. The van der Waals surface area contributed by atoms with E-state index in [4.69, 9.17) is 5.73 Å². The summed E-state index contributed by atoms with van der Waals surface area (Å²) in [7, 11) is 0. The molecule has 1 aromatic heterocycles. The summed E-state index contributed by atoms with van der Waals surface area (Å²) in [6, 6.07) is 6.05. The molecule has 0 spiro atoms. The van der Waals surface area contributed by atoms with Crippen molar-refractivity contribution < 1.29 is 0 Å². The fourth-order valence-corrected chi connectivity index (χ4v) is 4.05. The van der Waals surface area contributed by atoms with E-state index in [1.807, 2.05) is 11.3 Å². The molecule has 2 fully saturated rings. The zero-order valence-corrected chi connectivity index (χ0v) is 10.7.